The van der Waals surface area contributed by atoms with Gasteiger partial charge in [-0.25, -0.2) is 0 Å². The van der Waals surface area contributed by atoms with Gasteiger partial charge in [-0.15, -0.1) is 0 Å². The number of hydrogen-bond donors (Lipinski definition) is 1. The predicted octanol–water partition coefficient (Wildman–Crippen LogP) is 3.11. The second-order valence-electron chi connectivity index (χ2n) is 4.96. The van der Waals surface area contributed by atoms with Gasteiger partial charge in [-0.3, -0.25) is 4.68 Å². The monoisotopic (exact) mass is 281 g/mol. The highest BCUT2D eigenvalue weighted by Gasteiger charge is 2.21. The molecule has 3 aromatic rings. The van der Waals surface area contributed by atoms with Gasteiger partial charge in [-0.2, -0.15) is 5.10 Å². The third-order valence-electron chi connectivity index (χ3n) is 3.82. The summed E-state index contributed by atoms with van der Waals surface area (Å²) in [6, 6.07) is 14.2. The third kappa shape index (κ3) is 2.28. The molecule has 0 spiro atoms. The highest BCUT2D eigenvalue weighted by molar-refractivity contribution is 5.86. The molecule has 0 saturated heterocycles. The molecule has 2 N–H and O–H groups in total. The largest absolute Gasteiger partial charge is 0.493 e. The topological polar surface area (TPSA) is 53.1 Å². The number of ether oxygens (including phenoxy) is 1. The Morgan fingerprint density at radius 2 is 1.95 bits per heavy atom. The van der Waals surface area contributed by atoms with Gasteiger partial charge >= 0.3 is 0 Å². The van der Waals surface area contributed by atoms with Crippen LogP contribution in [0, 0.1) is 0 Å². The van der Waals surface area contributed by atoms with Crippen molar-refractivity contribution in [3.63, 3.8) is 0 Å². The van der Waals surface area contributed by atoms with Crippen LogP contribution in [0.5, 0.6) is 5.75 Å². The Kier molecular flexibility index (Phi) is 3.62. The van der Waals surface area contributed by atoms with Gasteiger partial charge in [-0.1, -0.05) is 42.5 Å². The van der Waals surface area contributed by atoms with E-state index in [-0.39, 0.29) is 6.04 Å². The number of nitrogens with zero attached hydrogens (tertiary/aromatic N) is 2. The molecule has 0 saturated carbocycles. The molecule has 0 bridgehead atoms. The quantitative estimate of drug-likeness (QED) is 0.799. The van der Waals surface area contributed by atoms with Crippen molar-refractivity contribution in [2.75, 3.05) is 7.11 Å². The fourth-order valence-electron chi connectivity index (χ4n) is 2.77. The smallest absolute Gasteiger partial charge is 0.161 e. The SMILES string of the molecule is CCn1ncc(OC)c1C(N)c1cccc2ccccc12. The summed E-state index contributed by atoms with van der Waals surface area (Å²) < 4.78 is 7.31. The lowest BCUT2D eigenvalue weighted by molar-refractivity contribution is 0.405. The van der Waals surface area contributed by atoms with Crippen LogP contribution >= 0.6 is 0 Å². The molecule has 4 heteroatoms. The van der Waals surface area contributed by atoms with E-state index >= 15 is 0 Å². The first-order valence-corrected chi connectivity index (χ1v) is 7.09. The van der Waals surface area contributed by atoms with Gasteiger partial charge in [0.15, 0.2) is 5.75 Å². The van der Waals surface area contributed by atoms with Gasteiger partial charge in [0.2, 0.25) is 0 Å². The summed E-state index contributed by atoms with van der Waals surface area (Å²) >= 11 is 0. The zero-order valence-electron chi connectivity index (χ0n) is 12.3. The maximum absolute atomic E-state index is 6.54. The maximum Gasteiger partial charge on any atom is 0.161 e. The van der Waals surface area contributed by atoms with Crippen molar-refractivity contribution in [1.82, 2.24) is 9.78 Å². The number of methoxy groups -OCH3 is 1. The first kappa shape index (κ1) is 13.6. The second kappa shape index (κ2) is 5.58. The molecule has 0 aliphatic rings. The molecule has 2 aromatic carbocycles. The number of rotatable bonds is 4. The van der Waals surface area contributed by atoms with Gasteiger partial charge in [0.25, 0.3) is 0 Å². The molecular weight excluding hydrogens is 262 g/mol. The molecule has 1 unspecified atom stereocenters. The summed E-state index contributed by atoms with van der Waals surface area (Å²) in [5, 5.41) is 6.70. The Morgan fingerprint density at radius 1 is 1.19 bits per heavy atom. The Labute approximate surface area is 124 Å². The molecule has 0 aliphatic carbocycles. The molecule has 1 aromatic heterocycles. The highest BCUT2D eigenvalue weighted by Crippen LogP contribution is 2.32. The van der Waals surface area contributed by atoms with Gasteiger partial charge in [0.1, 0.15) is 5.69 Å². The lowest BCUT2D eigenvalue weighted by atomic mass is 9.97. The van der Waals surface area contributed by atoms with Crippen molar-refractivity contribution in [2.45, 2.75) is 19.5 Å². The molecule has 0 fully saturated rings. The summed E-state index contributed by atoms with van der Waals surface area (Å²) in [5.41, 5.74) is 8.54. The first-order chi connectivity index (χ1) is 10.3. The van der Waals surface area contributed by atoms with E-state index in [4.69, 9.17) is 10.5 Å². The molecular formula is C17H19N3O. The van der Waals surface area contributed by atoms with Crippen LogP contribution < -0.4 is 10.5 Å². The van der Waals surface area contributed by atoms with E-state index < -0.39 is 0 Å². The van der Waals surface area contributed by atoms with Crippen molar-refractivity contribution in [3.05, 3.63) is 59.9 Å². The van der Waals surface area contributed by atoms with Crippen LogP contribution in [0.4, 0.5) is 0 Å². The fraction of sp³-hybridized carbons (Fsp3) is 0.235. The third-order valence-corrected chi connectivity index (χ3v) is 3.82. The summed E-state index contributed by atoms with van der Waals surface area (Å²) in [7, 11) is 1.65. The van der Waals surface area contributed by atoms with E-state index in [0.717, 1.165) is 23.6 Å². The number of aryl methyl sites for hydroxylation is 1. The molecule has 21 heavy (non-hydrogen) atoms. The number of fused-ring (bicyclic) bond motifs is 1. The number of aromatic nitrogens is 2. The van der Waals surface area contributed by atoms with Crippen LogP contribution in [0.25, 0.3) is 10.8 Å². The fourth-order valence-corrected chi connectivity index (χ4v) is 2.77. The standard InChI is InChI=1S/C17H19N3O/c1-3-20-17(15(21-2)11-19-20)16(18)14-10-6-8-12-7-4-5-9-13(12)14/h4-11,16H,3,18H2,1-2H3. The lowest BCUT2D eigenvalue weighted by Crippen LogP contribution is -2.18. The Hall–Kier alpha value is -2.33. The molecule has 0 radical (unpaired) electrons. The molecule has 1 atom stereocenters. The molecule has 108 valence electrons. The average molecular weight is 281 g/mol. The second-order valence-corrected chi connectivity index (χ2v) is 4.96. The van der Waals surface area contributed by atoms with Gasteiger partial charge in [0.05, 0.1) is 19.3 Å². The molecule has 0 aliphatic heterocycles. The van der Waals surface area contributed by atoms with E-state index in [9.17, 15) is 0 Å². The maximum atomic E-state index is 6.54. The van der Waals surface area contributed by atoms with E-state index in [1.165, 1.54) is 10.8 Å². The van der Waals surface area contributed by atoms with Crippen molar-refractivity contribution in [1.29, 1.82) is 0 Å². The first-order valence-electron chi connectivity index (χ1n) is 7.09. The number of nitrogens with two attached hydrogens (primary N) is 1. The Balaban J connectivity index is 2.17. The van der Waals surface area contributed by atoms with E-state index in [0.29, 0.717) is 0 Å². The summed E-state index contributed by atoms with van der Waals surface area (Å²) in [4.78, 5) is 0. The number of benzene rings is 2. The highest BCUT2D eigenvalue weighted by atomic mass is 16.5. The summed E-state index contributed by atoms with van der Waals surface area (Å²) in [6.07, 6.45) is 1.73. The van der Waals surface area contributed by atoms with Crippen LogP contribution in [-0.2, 0) is 6.54 Å². The van der Waals surface area contributed by atoms with Crippen molar-refractivity contribution in [2.24, 2.45) is 5.73 Å². The molecule has 0 amide bonds. The lowest BCUT2D eigenvalue weighted by Gasteiger charge is -2.17. The average Bonchev–Trinajstić information content (AvgIpc) is 2.96. The summed E-state index contributed by atoms with van der Waals surface area (Å²) in [5.74, 6) is 0.734. The Morgan fingerprint density at radius 3 is 2.71 bits per heavy atom. The molecule has 1 heterocycles. The zero-order valence-corrected chi connectivity index (χ0v) is 12.3. The van der Waals surface area contributed by atoms with Gasteiger partial charge in [0, 0.05) is 6.54 Å². The van der Waals surface area contributed by atoms with Gasteiger partial charge in [-0.05, 0) is 23.3 Å². The zero-order chi connectivity index (χ0) is 14.8. The van der Waals surface area contributed by atoms with Crippen molar-refractivity contribution >= 4 is 10.8 Å². The van der Waals surface area contributed by atoms with Crippen molar-refractivity contribution < 1.29 is 4.74 Å². The van der Waals surface area contributed by atoms with Crippen LogP contribution in [0.15, 0.2) is 48.7 Å². The van der Waals surface area contributed by atoms with E-state index in [1.807, 2.05) is 29.8 Å². The van der Waals surface area contributed by atoms with Gasteiger partial charge < -0.3 is 10.5 Å². The number of hydrogen-bond acceptors (Lipinski definition) is 3. The van der Waals surface area contributed by atoms with Crippen LogP contribution in [0.1, 0.15) is 24.2 Å². The van der Waals surface area contributed by atoms with E-state index in [1.54, 1.807) is 13.3 Å². The normalized spacial score (nSPS) is 12.5. The Bertz CT molecular complexity index is 737. The minimum atomic E-state index is -0.270. The summed E-state index contributed by atoms with van der Waals surface area (Å²) in [6.45, 7) is 2.81. The van der Waals surface area contributed by atoms with Crippen LogP contribution in [0.3, 0.4) is 0 Å². The minimum Gasteiger partial charge on any atom is -0.493 e. The minimum absolute atomic E-state index is 0.270. The van der Waals surface area contributed by atoms with Crippen molar-refractivity contribution in [3.8, 4) is 5.75 Å². The molecule has 4 nitrogen and oxygen atoms in total. The predicted molar refractivity (Wildman–Crippen MR) is 84.4 cm³/mol. The molecule has 3 rings (SSSR count). The van der Waals surface area contributed by atoms with E-state index in [2.05, 4.69) is 29.4 Å². The van der Waals surface area contributed by atoms with Crippen LogP contribution in [-0.4, -0.2) is 16.9 Å². The van der Waals surface area contributed by atoms with Crippen LogP contribution in [0.2, 0.25) is 0 Å².